The first-order chi connectivity index (χ1) is 14.3. The number of carbonyl (C=O) groups is 1. The number of hydrogen-bond acceptors (Lipinski definition) is 5. The van der Waals surface area contributed by atoms with Crippen molar-refractivity contribution in [1.29, 1.82) is 0 Å². The first-order valence-electron chi connectivity index (χ1n) is 10.9. The van der Waals surface area contributed by atoms with Crippen molar-refractivity contribution < 1.29 is 19.0 Å². The molecule has 3 aliphatic rings. The second-order valence-corrected chi connectivity index (χ2v) is 9.45. The minimum atomic E-state index is -0.0358. The van der Waals surface area contributed by atoms with Gasteiger partial charge in [-0.2, -0.15) is 0 Å². The Labute approximate surface area is 179 Å². The lowest BCUT2D eigenvalue weighted by molar-refractivity contribution is -0.115. The molecule has 0 saturated heterocycles. The fraction of sp³-hybridized carbons (Fsp3) is 0.560. The summed E-state index contributed by atoms with van der Waals surface area (Å²) in [6, 6.07) is 2.02. The fourth-order valence-corrected chi connectivity index (χ4v) is 5.23. The summed E-state index contributed by atoms with van der Waals surface area (Å²) in [5.41, 5.74) is 3.80. The second kappa shape index (κ2) is 8.10. The van der Waals surface area contributed by atoms with Gasteiger partial charge in [-0.25, -0.2) is 0 Å². The van der Waals surface area contributed by atoms with Crippen LogP contribution in [0.1, 0.15) is 57.2 Å². The third-order valence-electron chi connectivity index (χ3n) is 7.00. The largest absolute Gasteiger partial charge is 0.492 e. The topological polar surface area (TPSA) is 48.0 Å². The number of ether oxygens (including phenoxy) is 3. The Balaban J connectivity index is 1.59. The summed E-state index contributed by atoms with van der Waals surface area (Å²) in [5, 5.41) is 0. The van der Waals surface area contributed by atoms with Crippen molar-refractivity contribution in [2.45, 2.75) is 52.5 Å². The normalized spacial score (nSPS) is 25.2. The van der Waals surface area contributed by atoms with Crippen molar-refractivity contribution in [3.63, 3.8) is 0 Å². The molecular weight excluding hydrogens is 378 g/mol. The molecule has 5 heteroatoms. The number of nitrogens with zero attached hydrogens (tertiary/aromatic N) is 1. The monoisotopic (exact) mass is 411 g/mol. The molecule has 30 heavy (non-hydrogen) atoms. The molecule has 2 heterocycles. The maximum atomic E-state index is 13.0. The number of ketones is 1. The third kappa shape index (κ3) is 3.76. The summed E-state index contributed by atoms with van der Waals surface area (Å²) in [6.07, 6.45) is 9.83. The molecule has 0 fully saturated rings. The summed E-state index contributed by atoms with van der Waals surface area (Å²) in [4.78, 5) is 15.3. The average Bonchev–Trinajstić information content (AvgIpc) is 3.16. The minimum absolute atomic E-state index is 0.0358. The molecule has 0 unspecified atom stereocenters. The van der Waals surface area contributed by atoms with Crippen molar-refractivity contribution >= 4 is 5.78 Å². The molecule has 1 aromatic rings. The van der Waals surface area contributed by atoms with Gasteiger partial charge in [0.05, 0.1) is 7.11 Å². The third-order valence-corrected chi connectivity index (χ3v) is 7.00. The number of fused-ring (bicyclic) bond motifs is 2. The fourth-order valence-electron chi connectivity index (χ4n) is 5.23. The van der Waals surface area contributed by atoms with Crippen LogP contribution < -0.4 is 14.2 Å². The molecule has 0 spiro atoms. The van der Waals surface area contributed by atoms with E-state index < -0.39 is 0 Å². The van der Waals surface area contributed by atoms with E-state index in [0.29, 0.717) is 23.8 Å². The van der Waals surface area contributed by atoms with Crippen molar-refractivity contribution in [1.82, 2.24) is 4.90 Å². The van der Waals surface area contributed by atoms with E-state index in [4.69, 9.17) is 14.2 Å². The second-order valence-electron chi connectivity index (χ2n) is 9.45. The Morgan fingerprint density at radius 2 is 2.17 bits per heavy atom. The zero-order valence-electron chi connectivity index (χ0n) is 18.8. The summed E-state index contributed by atoms with van der Waals surface area (Å²) in [6.45, 7) is 7.87. The zero-order valence-corrected chi connectivity index (χ0v) is 18.8. The Morgan fingerprint density at radius 1 is 1.37 bits per heavy atom. The Kier molecular flexibility index (Phi) is 5.67. The highest BCUT2D eigenvalue weighted by Crippen LogP contribution is 2.50. The van der Waals surface area contributed by atoms with Crippen molar-refractivity contribution in [3.8, 4) is 17.2 Å². The van der Waals surface area contributed by atoms with Gasteiger partial charge in [-0.05, 0) is 56.4 Å². The molecule has 1 aromatic carbocycles. The minimum Gasteiger partial charge on any atom is -0.492 e. The van der Waals surface area contributed by atoms with Crippen LogP contribution in [0, 0.1) is 11.3 Å². The van der Waals surface area contributed by atoms with Crippen molar-refractivity contribution in [2.24, 2.45) is 11.3 Å². The number of methoxy groups -OCH3 is 1. The van der Waals surface area contributed by atoms with Gasteiger partial charge in [-0.1, -0.05) is 31.6 Å². The van der Waals surface area contributed by atoms with Gasteiger partial charge in [0.2, 0.25) is 12.5 Å². The Bertz CT molecular complexity index is 899. The quantitative estimate of drug-likeness (QED) is 0.512. The van der Waals surface area contributed by atoms with Crippen LogP contribution in [-0.2, 0) is 11.2 Å². The maximum Gasteiger partial charge on any atom is 0.231 e. The first kappa shape index (κ1) is 21.0. The van der Waals surface area contributed by atoms with Gasteiger partial charge in [0.1, 0.15) is 0 Å². The first-order valence-corrected chi connectivity index (χ1v) is 10.9. The molecule has 2 atom stereocenters. The van der Waals surface area contributed by atoms with Crippen LogP contribution in [0.25, 0.3) is 0 Å². The van der Waals surface area contributed by atoms with Crippen LogP contribution in [-0.4, -0.2) is 38.2 Å². The highest BCUT2D eigenvalue weighted by Gasteiger charge is 2.35. The number of allylic oxidation sites excluding steroid dienone is 4. The molecule has 0 saturated carbocycles. The van der Waals surface area contributed by atoms with E-state index in [9.17, 15) is 4.79 Å². The number of rotatable bonds is 5. The Morgan fingerprint density at radius 3 is 2.90 bits per heavy atom. The number of carbonyl (C=O) groups excluding carboxylic acids is 1. The molecule has 2 aliphatic heterocycles. The summed E-state index contributed by atoms with van der Waals surface area (Å²) < 4.78 is 17.0. The smallest absolute Gasteiger partial charge is 0.231 e. The molecule has 0 radical (unpaired) electrons. The van der Waals surface area contributed by atoms with Crippen LogP contribution in [0.15, 0.2) is 29.9 Å². The van der Waals surface area contributed by atoms with Gasteiger partial charge in [0, 0.05) is 30.5 Å². The Hall–Kier alpha value is -2.27. The molecule has 5 nitrogen and oxygen atoms in total. The van der Waals surface area contributed by atoms with Gasteiger partial charge in [-0.3, -0.25) is 9.69 Å². The van der Waals surface area contributed by atoms with Crippen LogP contribution in [0.4, 0.5) is 0 Å². The van der Waals surface area contributed by atoms with Crippen molar-refractivity contribution in [2.75, 3.05) is 27.5 Å². The summed E-state index contributed by atoms with van der Waals surface area (Å²) >= 11 is 0. The van der Waals surface area contributed by atoms with Crippen LogP contribution >= 0.6 is 0 Å². The van der Waals surface area contributed by atoms with Crippen molar-refractivity contribution in [3.05, 3.63) is 41.0 Å². The standard InChI is InChI=1S/C25H33NO4/c1-16-7-6-11-25(2,3)19(16)9-8-18(27)14-20-22-17(10-12-26(20)4)13-21-23(24(22)28-5)30-15-29-21/h7-9,13,19-20H,6,10-12,14-15H2,1-5H3/t19-,20+/m0/s1. The van der Waals surface area contributed by atoms with Crippen LogP contribution in [0.2, 0.25) is 0 Å². The molecular formula is C25H33NO4. The average molecular weight is 412 g/mol. The zero-order chi connectivity index (χ0) is 21.5. The van der Waals surface area contributed by atoms with E-state index in [1.54, 1.807) is 13.2 Å². The van der Waals surface area contributed by atoms with E-state index in [1.807, 2.05) is 0 Å². The van der Waals surface area contributed by atoms with Crippen LogP contribution in [0.5, 0.6) is 17.2 Å². The van der Waals surface area contributed by atoms with E-state index in [2.05, 4.69) is 50.9 Å². The van der Waals surface area contributed by atoms with Gasteiger partial charge >= 0.3 is 0 Å². The van der Waals surface area contributed by atoms with Gasteiger partial charge < -0.3 is 14.2 Å². The van der Waals surface area contributed by atoms with Gasteiger partial charge in [-0.15, -0.1) is 0 Å². The number of likely N-dealkylation sites (N-methyl/N-ethyl adjacent to an activating group) is 1. The molecule has 0 N–H and O–H groups in total. The lowest BCUT2D eigenvalue weighted by Crippen LogP contribution is -2.33. The van der Waals surface area contributed by atoms with Gasteiger partial charge in [0.25, 0.3) is 0 Å². The number of hydrogen-bond donors (Lipinski definition) is 0. The molecule has 1 aliphatic carbocycles. The molecule has 0 amide bonds. The van der Waals surface area contributed by atoms with E-state index in [-0.39, 0.29) is 24.0 Å². The summed E-state index contributed by atoms with van der Waals surface area (Å²) in [5.74, 6) is 2.57. The molecule has 0 aromatic heterocycles. The number of benzene rings is 1. The van der Waals surface area contributed by atoms with E-state index >= 15 is 0 Å². The van der Waals surface area contributed by atoms with E-state index in [1.165, 1.54) is 11.1 Å². The molecule has 0 bridgehead atoms. The predicted molar refractivity (Wildman–Crippen MR) is 117 cm³/mol. The molecule has 4 rings (SSSR count). The van der Waals surface area contributed by atoms with Crippen LogP contribution in [0.3, 0.4) is 0 Å². The van der Waals surface area contributed by atoms with E-state index in [0.717, 1.165) is 37.1 Å². The lowest BCUT2D eigenvalue weighted by atomic mass is 9.68. The summed E-state index contributed by atoms with van der Waals surface area (Å²) in [7, 11) is 3.73. The highest BCUT2D eigenvalue weighted by atomic mass is 16.7. The highest BCUT2D eigenvalue weighted by molar-refractivity contribution is 5.90. The predicted octanol–water partition coefficient (Wildman–Crippen LogP) is 4.85. The lowest BCUT2D eigenvalue weighted by Gasteiger charge is -2.37. The maximum absolute atomic E-state index is 13.0. The molecule has 162 valence electrons. The SMILES string of the molecule is COc1c2c(cc3c1[C@@H](CC(=O)C=C[C@H]1C(C)=CCCC1(C)C)N(C)CC3)OCO2. The van der Waals surface area contributed by atoms with Gasteiger partial charge in [0.15, 0.2) is 17.3 Å².